The van der Waals surface area contributed by atoms with Crippen LogP contribution in [0.15, 0.2) is 41.8 Å². The van der Waals surface area contributed by atoms with Gasteiger partial charge in [-0.05, 0) is 42.0 Å². The first kappa shape index (κ1) is 17.1. The number of halogens is 1. The minimum atomic E-state index is -0.382. The molecule has 0 bridgehead atoms. The van der Waals surface area contributed by atoms with E-state index in [4.69, 9.17) is 4.74 Å². The number of carbonyl (C=O) groups is 2. The largest absolute Gasteiger partial charge is 0.456 e. The lowest BCUT2D eigenvalue weighted by Gasteiger charge is -2.06. The quantitative estimate of drug-likeness (QED) is 0.755. The number of amides is 1. The van der Waals surface area contributed by atoms with Crippen molar-refractivity contribution in [2.24, 2.45) is 0 Å². The number of hydrogen-bond acceptors (Lipinski definition) is 4. The molecule has 0 atom stereocenters. The molecule has 1 aromatic carbocycles. The van der Waals surface area contributed by atoms with Crippen molar-refractivity contribution in [2.75, 3.05) is 13.2 Å². The molecule has 1 N–H and O–H groups in total. The van der Waals surface area contributed by atoms with Gasteiger partial charge < -0.3 is 10.1 Å². The van der Waals surface area contributed by atoms with Crippen LogP contribution in [0.4, 0.5) is 4.39 Å². The van der Waals surface area contributed by atoms with Crippen LogP contribution in [0, 0.1) is 5.82 Å². The smallest absolute Gasteiger partial charge is 0.306 e. The van der Waals surface area contributed by atoms with Crippen LogP contribution in [-0.2, 0) is 27.2 Å². The van der Waals surface area contributed by atoms with E-state index >= 15 is 0 Å². The van der Waals surface area contributed by atoms with Crippen LogP contribution in [0.2, 0.25) is 0 Å². The molecule has 0 aliphatic heterocycles. The molecule has 1 heterocycles. The van der Waals surface area contributed by atoms with Crippen LogP contribution < -0.4 is 5.32 Å². The van der Waals surface area contributed by atoms with Gasteiger partial charge in [-0.3, -0.25) is 9.59 Å². The highest BCUT2D eigenvalue weighted by atomic mass is 32.1. The Kier molecular flexibility index (Phi) is 6.75. The van der Waals surface area contributed by atoms with Crippen LogP contribution in [-0.4, -0.2) is 25.0 Å². The van der Waals surface area contributed by atoms with Gasteiger partial charge in [-0.15, -0.1) is 11.3 Å². The summed E-state index contributed by atoms with van der Waals surface area (Å²) in [7, 11) is 0. The first-order valence-electron chi connectivity index (χ1n) is 7.32. The van der Waals surface area contributed by atoms with Crippen molar-refractivity contribution >= 4 is 23.2 Å². The number of hydrogen-bond donors (Lipinski definition) is 1. The number of aryl methyl sites for hydroxylation is 1. The Labute approximate surface area is 138 Å². The van der Waals surface area contributed by atoms with E-state index in [1.54, 1.807) is 23.5 Å². The molecule has 1 amide bonds. The molecule has 23 heavy (non-hydrogen) atoms. The van der Waals surface area contributed by atoms with Gasteiger partial charge in [0.1, 0.15) is 5.82 Å². The van der Waals surface area contributed by atoms with Gasteiger partial charge in [-0.1, -0.05) is 18.2 Å². The SMILES string of the molecule is O=C(COC(=O)CCc1cccs1)NCCc1ccc(F)cc1. The van der Waals surface area contributed by atoms with E-state index in [1.807, 2.05) is 17.5 Å². The molecular formula is C17H18FNO3S. The van der Waals surface area contributed by atoms with Crippen molar-refractivity contribution in [1.82, 2.24) is 5.32 Å². The number of esters is 1. The number of nitrogens with one attached hydrogen (secondary N) is 1. The van der Waals surface area contributed by atoms with E-state index in [2.05, 4.69) is 5.32 Å². The zero-order valence-corrected chi connectivity index (χ0v) is 13.4. The zero-order chi connectivity index (χ0) is 16.5. The van der Waals surface area contributed by atoms with Crippen molar-refractivity contribution in [3.05, 3.63) is 58.0 Å². The van der Waals surface area contributed by atoms with Crippen molar-refractivity contribution < 1.29 is 18.7 Å². The minimum absolute atomic E-state index is 0.267. The van der Waals surface area contributed by atoms with Gasteiger partial charge >= 0.3 is 5.97 Å². The van der Waals surface area contributed by atoms with Gasteiger partial charge in [-0.25, -0.2) is 4.39 Å². The predicted molar refractivity (Wildman–Crippen MR) is 86.7 cm³/mol. The van der Waals surface area contributed by atoms with Crippen LogP contribution in [0.25, 0.3) is 0 Å². The number of benzene rings is 1. The molecule has 0 radical (unpaired) electrons. The number of carbonyl (C=O) groups excluding carboxylic acids is 2. The van der Waals surface area contributed by atoms with E-state index in [9.17, 15) is 14.0 Å². The van der Waals surface area contributed by atoms with E-state index in [1.165, 1.54) is 12.1 Å². The highest BCUT2D eigenvalue weighted by molar-refractivity contribution is 7.09. The third kappa shape index (κ3) is 6.61. The third-order valence-electron chi connectivity index (χ3n) is 3.17. The van der Waals surface area contributed by atoms with Gasteiger partial charge in [0.05, 0.1) is 6.42 Å². The Morgan fingerprint density at radius 3 is 2.61 bits per heavy atom. The average molecular weight is 335 g/mol. The molecular weight excluding hydrogens is 317 g/mol. The van der Waals surface area contributed by atoms with E-state index in [0.717, 1.165) is 10.4 Å². The standard InChI is InChI=1S/C17H18FNO3S/c18-14-5-3-13(4-6-14)9-10-19-16(20)12-22-17(21)8-7-15-2-1-11-23-15/h1-6,11H,7-10,12H2,(H,19,20). The molecule has 0 spiro atoms. The minimum Gasteiger partial charge on any atom is -0.456 e. The summed E-state index contributed by atoms with van der Waals surface area (Å²) in [6, 6.07) is 10.00. The van der Waals surface area contributed by atoms with Crippen molar-refractivity contribution in [2.45, 2.75) is 19.3 Å². The van der Waals surface area contributed by atoms with Crippen molar-refractivity contribution in [3.8, 4) is 0 Å². The normalized spacial score (nSPS) is 10.3. The Bertz CT molecular complexity index is 626. The number of rotatable bonds is 8. The first-order chi connectivity index (χ1) is 11.1. The molecule has 0 fully saturated rings. The van der Waals surface area contributed by atoms with E-state index < -0.39 is 0 Å². The molecule has 0 aliphatic rings. The summed E-state index contributed by atoms with van der Waals surface area (Å²) in [5, 5.41) is 4.62. The number of thiophene rings is 1. The molecule has 4 nitrogen and oxygen atoms in total. The summed E-state index contributed by atoms with van der Waals surface area (Å²) < 4.78 is 17.7. The van der Waals surface area contributed by atoms with E-state index in [0.29, 0.717) is 19.4 Å². The van der Waals surface area contributed by atoms with Crippen molar-refractivity contribution in [1.29, 1.82) is 0 Å². The molecule has 2 aromatic rings. The lowest BCUT2D eigenvalue weighted by atomic mass is 10.1. The summed E-state index contributed by atoms with van der Waals surface area (Å²) in [5.41, 5.74) is 0.930. The molecule has 2 rings (SSSR count). The van der Waals surface area contributed by atoms with Gasteiger partial charge in [0.25, 0.3) is 5.91 Å². The summed E-state index contributed by atoms with van der Waals surface area (Å²) in [6.07, 6.45) is 1.49. The van der Waals surface area contributed by atoms with Gasteiger partial charge in [0.15, 0.2) is 6.61 Å². The van der Waals surface area contributed by atoms with Crippen LogP contribution >= 0.6 is 11.3 Å². The topological polar surface area (TPSA) is 55.4 Å². The molecule has 0 aliphatic carbocycles. The summed E-state index contributed by atoms with van der Waals surface area (Å²) >= 11 is 1.59. The Balaban J connectivity index is 1.57. The Hall–Kier alpha value is -2.21. The summed E-state index contributed by atoms with van der Waals surface area (Å²) in [4.78, 5) is 24.2. The third-order valence-corrected chi connectivity index (χ3v) is 4.11. The summed E-state index contributed by atoms with van der Waals surface area (Å²) in [6.45, 7) is 0.143. The van der Waals surface area contributed by atoms with Crippen LogP contribution in [0.3, 0.4) is 0 Å². The maximum Gasteiger partial charge on any atom is 0.306 e. The Morgan fingerprint density at radius 2 is 1.91 bits per heavy atom. The van der Waals surface area contributed by atoms with Crippen LogP contribution in [0.5, 0.6) is 0 Å². The highest BCUT2D eigenvalue weighted by Gasteiger charge is 2.08. The molecule has 0 saturated carbocycles. The maximum atomic E-state index is 12.7. The Morgan fingerprint density at radius 1 is 1.13 bits per heavy atom. The lowest BCUT2D eigenvalue weighted by Crippen LogP contribution is -2.30. The molecule has 122 valence electrons. The monoisotopic (exact) mass is 335 g/mol. The molecule has 0 saturated heterocycles. The lowest BCUT2D eigenvalue weighted by molar-refractivity contribution is -0.148. The first-order valence-corrected chi connectivity index (χ1v) is 8.20. The second kappa shape index (κ2) is 9.05. The fraction of sp³-hybridized carbons (Fsp3) is 0.294. The van der Waals surface area contributed by atoms with Crippen molar-refractivity contribution in [3.63, 3.8) is 0 Å². The van der Waals surface area contributed by atoms with Gasteiger partial charge in [-0.2, -0.15) is 0 Å². The average Bonchev–Trinajstić information content (AvgIpc) is 3.06. The summed E-state index contributed by atoms with van der Waals surface area (Å²) in [5.74, 6) is -1.00. The maximum absolute atomic E-state index is 12.7. The number of ether oxygens (including phenoxy) is 1. The van der Waals surface area contributed by atoms with Gasteiger partial charge in [0, 0.05) is 11.4 Å². The zero-order valence-electron chi connectivity index (χ0n) is 12.6. The fourth-order valence-corrected chi connectivity index (χ4v) is 2.66. The van der Waals surface area contributed by atoms with Crippen LogP contribution in [0.1, 0.15) is 16.9 Å². The second-order valence-corrected chi connectivity index (χ2v) is 6.00. The fourth-order valence-electron chi connectivity index (χ4n) is 1.95. The molecule has 1 aromatic heterocycles. The second-order valence-electron chi connectivity index (χ2n) is 4.97. The molecule has 6 heteroatoms. The predicted octanol–water partition coefficient (Wildman–Crippen LogP) is 2.72. The van der Waals surface area contributed by atoms with E-state index in [-0.39, 0.29) is 30.7 Å². The van der Waals surface area contributed by atoms with Gasteiger partial charge in [0.2, 0.25) is 0 Å². The molecule has 0 unspecified atom stereocenters. The highest BCUT2D eigenvalue weighted by Crippen LogP contribution is 2.11.